The van der Waals surface area contributed by atoms with Gasteiger partial charge in [0.25, 0.3) is 0 Å². The molecule has 0 aliphatic heterocycles. The Balaban J connectivity index is 2.97. The highest BCUT2D eigenvalue weighted by Crippen LogP contribution is 2.24. The first-order valence-electron chi connectivity index (χ1n) is 5.83. The van der Waals surface area contributed by atoms with Crippen LogP contribution in [0.4, 0.5) is 4.79 Å². The molecule has 0 aromatic heterocycles. The summed E-state index contributed by atoms with van der Waals surface area (Å²) in [7, 11) is 1.37. The largest absolute Gasteiger partial charge is 0.453 e. The smallest absolute Gasteiger partial charge is 0.407 e. The summed E-state index contributed by atoms with van der Waals surface area (Å²) in [6.07, 6.45) is -0.412. The molecule has 0 saturated heterocycles. The zero-order chi connectivity index (χ0) is 13.1. The van der Waals surface area contributed by atoms with Crippen molar-refractivity contribution in [3.8, 4) is 0 Å². The minimum Gasteiger partial charge on any atom is -0.453 e. The van der Waals surface area contributed by atoms with Crippen molar-refractivity contribution in [1.82, 2.24) is 5.32 Å². The van der Waals surface area contributed by atoms with Crippen molar-refractivity contribution in [1.29, 1.82) is 0 Å². The lowest BCUT2D eigenvalue weighted by atomic mass is 9.90. The predicted octanol–water partition coefficient (Wildman–Crippen LogP) is 3.40. The Morgan fingerprint density at radius 1 is 1.35 bits per heavy atom. The van der Waals surface area contributed by atoms with Gasteiger partial charge < -0.3 is 10.1 Å². The minimum absolute atomic E-state index is 0.412. The Morgan fingerprint density at radius 2 is 2.00 bits per heavy atom. The highest BCUT2D eigenvalue weighted by molar-refractivity contribution is 5.68. The molecule has 0 bridgehead atoms. The van der Waals surface area contributed by atoms with E-state index in [1.807, 2.05) is 26.0 Å². The number of carbonyl (C=O) groups is 1. The van der Waals surface area contributed by atoms with Crippen LogP contribution in [0.25, 0.3) is 0 Å². The summed E-state index contributed by atoms with van der Waals surface area (Å²) < 4.78 is 4.64. The maximum Gasteiger partial charge on any atom is 0.407 e. The monoisotopic (exact) mass is 235 g/mol. The lowest BCUT2D eigenvalue weighted by Gasteiger charge is -2.26. The van der Waals surface area contributed by atoms with E-state index in [0.29, 0.717) is 5.92 Å². The van der Waals surface area contributed by atoms with Gasteiger partial charge in [0, 0.05) is 0 Å². The standard InChI is InChI=1S/C14H21NO2/c1-10(2)11-7-6-8-12(9-11)14(3,4)15-13(16)17-5/h6-10H,1-5H3,(H,15,16). The molecule has 1 aromatic carbocycles. The molecule has 0 aliphatic carbocycles. The fourth-order valence-corrected chi connectivity index (χ4v) is 1.66. The normalized spacial score (nSPS) is 11.4. The van der Waals surface area contributed by atoms with Gasteiger partial charge in [-0.2, -0.15) is 0 Å². The average Bonchev–Trinajstić information content (AvgIpc) is 2.28. The summed E-state index contributed by atoms with van der Waals surface area (Å²) in [5, 5.41) is 2.83. The Bertz CT molecular complexity index is 397. The van der Waals surface area contributed by atoms with Crippen LogP contribution < -0.4 is 5.32 Å². The molecule has 3 heteroatoms. The van der Waals surface area contributed by atoms with Gasteiger partial charge in [-0.1, -0.05) is 38.1 Å². The Labute approximate surface area is 103 Å². The quantitative estimate of drug-likeness (QED) is 0.872. The van der Waals surface area contributed by atoms with E-state index in [-0.39, 0.29) is 0 Å². The van der Waals surface area contributed by atoms with Gasteiger partial charge in [0.2, 0.25) is 0 Å². The SMILES string of the molecule is COC(=O)NC(C)(C)c1cccc(C(C)C)c1. The molecule has 0 saturated carbocycles. The Morgan fingerprint density at radius 3 is 2.53 bits per heavy atom. The molecule has 0 unspecified atom stereocenters. The molecular formula is C14H21NO2. The Hall–Kier alpha value is -1.51. The number of alkyl carbamates (subject to hydrolysis) is 1. The van der Waals surface area contributed by atoms with Crippen LogP contribution in [-0.4, -0.2) is 13.2 Å². The van der Waals surface area contributed by atoms with Gasteiger partial charge >= 0.3 is 6.09 Å². The van der Waals surface area contributed by atoms with Gasteiger partial charge in [-0.15, -0.1) is 0 Å². The first-order chi connectivity index (χ1) is 7.86. The second-order valence-electron chi connectivity index (χ2n) is 5.02. The average molecular weight is 235 g/mol. The zero-order valence-electron chi connectivity index (χ0n) is 11.2. The predicted molar refractivity (Wildman–Crippen MR) is 69.1 cm³/mol. The van der Waals surface area contributed by atoms with Crippen LogP contribution >= 0.6 is 0 Å². The highest BCUT2D eigenvalue weighted by atomic mass is 16.5. The lowest BCUT2D eigenvalue weighted by molar-refractivity contribution is 0.159. The van der Waals surface area contributed by atoms with E-state index in [0.717, 1.165) is 5.56 Å². The van der Waals surface area contributed by atoms with E-state index in [4.69, 9.17) is 0 Å². The first-order valence-corrected chi connectivity index (χ1v) is 5.83. The van der Waals surface area contributed by atoms with Crippen LogP contribution in [-0.2, 0) is 10.3 Å². The maximum atomic E-state index is 11.3. The van der Waals surface area contributed by atoms with Crippen LogP contribution in [0.2, 0.25) is 0 Å². The third kappa shape index (κ3) is 3.48. The number of hydrogen-bond acceptors (Lipinski definition) is 2. The second kappa shape index (κ2) is 5.21. The zero-order valence-corrected chi connectivity index (χ0v) is 11.2. The summed E-state index contributed by atoms with van der Waals surface area (Å²) in [5.41, 5.74) is 1.91. The summed E-state index contributed by atoms with van der Waals surface area (Å²) in [4.78, 5) is 11.3. The van der Waals surface area contributed by atoms with Gasteiger partial charge in [0.1, 0.15) is 0 Å². The number of ether oxygens (including phenoxy) is 1. The lowest BCUT2D eigenvalue weighted by Crippen LogP contribution is -2.40. The summed E-state index contributed by atoms with van der Waals surface area (Å²) >= 11 is 0. The molecule has 0 radical (unpaired) electrons. The molecule has 0 fully saturated rings. The van der Waals surface area contributed by atoms with Crippen LogP contribution in [0.1, 0.15) is 44.7 Å². The van der Waals surface area contributed by atoms with Crippen molar-refractivity contribution in [2.24, 2.45) is 0 Å². The van der Waals surface area contributed by atoms with Gasteiger partial charge in [-0.3, -0.25) is 0 Å². The van der Waals surface area contributed by atoms with Crippen molar-refractivity contribution in [2.75, 3.05) is 7.11 Å². The second-order valence-corrected chi connectivity index (χ2v) is 5.02. The minimum atomic E-state index is -0.433. The fourth-order valence-electron chi connectivity index (χ4n) is 1.66. The van der Waals surface area contributed by atoms with Crippen molar-refractivity contribution >= 4 is 6.09 Å². The molecule has 0 heterocycles. The molecular weight excluding hydrogens is 214 g/mol. The molecule has 17 heavy (non-hydrogen) atoms. The molecule has 3 nitrogen and oxygen atoms in total. The van der Waals surface area contributed by atoms with E-state index in [1.54, 1.807) is 0 Å². The number of carbonyl (C=O) groups excluding carboxylic acids is 1. The molecule has 0 atom stereocenters. The van der Waals surface area contributed by atoms with E-state index < -0.39 is 11.6 Å². The van der Waals surface area contributed by atoms with Gasteiger partial charge in [-0.05, 0) is 30.9 Å². The van der Waals surface area contributed by atoms with Crippen LogP contribution in [0.15, 0.2) is 24.3 Å². The third-order valence-corrected chi connectivity index (χ3v) is 2.87. The highest BCUT2D eigenvalue weighted by Gasteiger charge is 2.23. The van der Waals surface area contributed by atoms with E-state index in [9.17, 15) is 4.79 Å². The first kappa shape index (κ1) is 13.6. The van der Waals surface area contributed by atoms with Crippen molar-refractivity contribution in [3.63, 3.8) is 0 Å². The van der Waals surface area contributed by atoms with Crippen LogP contribution in [0.3, 0.4) is 0 Å². The molecule has 1 N–H and O–H groups in total. The number of benzene rings is 1. The maximum absolute atomic E-state index is 11.3. The number of rotatable bonds is 3. The molecule has 1 rings (SSSR count). The van der Waals surface area contributed by atoms with Gasteiger partial charge in [0.15, 0.2) is 0 Å². The third-order valence-electron chi connectivity index (χ3n) is 2.87. The molecule has 94 valence electrons. The Kier molecular flexibility index (Phi) is 4.16. The molecule has 0 aliphatic rings. The van der Waals surface area contributed by atoms with E-state index in [2.05, 4.69) is 36.0 Å². The number of amides is 1. The number of hydrogen-bond donors (Lipinski definition) is 1. The van der Waals surface area contributed by atoms with Crippen LogP contribution in [0.5, 0.6) is 0 Å². The number of nitrogens with one attached hydrogen (secondary N) is 1. The molecule has 0 spiro atoms. The van der Waals surface area contributed by atoms with E-state index in [1.165, 1.54) is 12.7 Å². The topological polar surface area (TPSA) is 38.3 Å². The van der Waals surface area contributed by atoms with Crippen molar-refractivity contribution in [2.45, 2.75) is 39.2 Å². The molecule has 1 aromatic rings. The summed E-state index contributed by atoms with van der Waals surface area (Å²) in [6, 6.07) is 8.26. The summed E-state index contributed by atoms with van der Waals surface area (Å²) in [6.45, 7) is 8.23. The van der Waals surface area contributed by atoms with Crippen LogP contribution in [0, 0.1) is 0 Å². The van der Waals surface area contributed by atoms with E-state index >= 15 is 0 Å². The molecule has 1 amide bonds. The fraction of sp³-hybridized carbons (Fsp3) is 0.500. The summed E-state index contributed by atoms with van der Waals surface area (Å²) in [5.74, 6) is 0.476. The van der Waals surface area contributed by atoms with Crippen molar-refractivity contribution in [3.05, 3.63) is 35.4 Å². The number of methoxy groups -OCH3 is 1. The van der Waals surface area contributed by atoms with Gasteiger partial charge in [-0.25, -0.2) is 4.79 Å². The van der Waals surface area contributed by atoms with Gasteiger partial charge in [0.05, 0.1) is 12.6 Å². The van der Waals surface area contributed by atoms with Crippen molar-refractivity contribution < 1.29 is 9.53 Å².